The second-order valence-corrected chi connectivity index (χ2v) is 4.91. The van der Waals surface area contributed by atoms with Gasteiger partial charge in [-0.25, -0.2) is 0 Å². The number of nitrogens with one attached hydrogen (secondary N) is 1. The molecule has 0 spiro atoms. The fourth-order valence-corrected chi connectivity index (χ4v) is 2.12. The first-order valence-corrected chi connectivity index (χ1v) is 6.36. The molecule has 0 radical (unpaired) electrons. The predicted octanol–water partition coefficient (Wildman–Crippen LogP) is 1.62. The fraction of sp³-hybridized carbons (Fsp3) is 0.571. The summed E-state index contributed by atoms with van der Waals surface area (Å²) in [5, 5.41) is 3.44. The van der Waals surface area contributed by atoms with Gasteiger partial charge in [-0.05, 0) is 24.8 Å². The van der Waals surface area contributed by atoms with E-state index in [1.54, 1.807) is 0 Å². The second-order valence-electron chi connectivity index (χ2n) is 4.91. The van der Waals surface area contributed by atoms with Gasteiger partial charge in [-0.3, -0.25) is 0 Å². The molecule has 1 heterocycles. The quantitative estimate of drug-likeness (QED) is 0.814. The number of nitrogens with two attached hydrogens (primary N) is 1. The molecule has 1 aromatic carbocycles. The van der Waals surface area contributed by atoms with Crippen LogP contribution in [0.1, 0.15) is 23.6 Å². The highest BCUT2D eigenvalue weighted by atomic mass is 16.5. The Kier molecular flexibility index (Phi) is 4.54. The molecule has 94 valence electrons. The van der Waals surface area contributed by atoms with Crippen molar-refractivity contribution in [2.45, 2.75) is 19.4 Å². The molecule has 1 aliphatic rings. The van der Waals surface area contributed by atoms with E-state index in [9.17, 15) is 0 Å². The molecule has 1 aromatic rings. The van der Waals surface area contributed by atoms with Gasteiger partial charge < -0.3 is 15.8 Å². The maximum absolute atomic E-state index is 6.14. The summed E-state index contributed by atoms with van der Waals surface area (Å²) in [5.74, 6) is 0.667. The van der Waals surface area contributed by atoms with Crippen LogP contribution in [0.2, 0.25) is 0 Å². The molecule has 17 heavy (non-hydrogen) atoms. The Bertz CT molecular complexity index is 331. The van der Waals surface area contributed by atoms with Crippen molar-refractivity contribution in [1.82, 2.24) is 5.32 Å². The molecular weight excluding hydrogens is 212 g/mol. The van der Waals surface area contributed by atoms with Crippen LogP contribution in [0.25, 0.3) is 0 Å². The highest BCUT2D eigenvalue weighted by Crippen LogP contribution is 2.12. The summed E-state index contributed by atoms with van der Waals surface area (Å²) in [4.78, 5) is 0. The van der Waals surface area contributed by atoms with E-state index < -0.39 is 0 Å². The molecule has 2 atom stereocenters. The molecule has 2 rings (SSSR count). The number of hydrogen-bond acceptors (Lipinski definition) is 3. The normalized spacial score (nSPS) is 21.6. The lowest BCUT2D eigenvalue weighted by atomic mass is 10.1. The van der Waals surface area contributed by atoms with Gasteiger partial charge in [0.1, 0.15) is 0 Å². The summed E-state index contributed by atoms with van der Waals surface area (Å²) in [6.07, 6.45) is 1.17. The minimum Gasteiger partial charge on any atom is -0.381 e. The molecule has 1 aliphatic heterocycles. The first-order chi connectivity index (χ1) is 8.25. The van der Waals surface area contributed by atoms with Crippen LogP contribution in [0.5, 0.6) is 0 Å². The number of ether oxygens (including phenoxy) is 1. The molecular formula is C14H22N2O. The van der Waals surface area contributed by atoms with Crippen LogP contribution < -0.4 is 11.1 Å². The molecule has 3 N–H and O–H groups in total. The highest BCUT2D eigenvalue weighted by molar-refractivity contribution is 5.23. The minimum atomic E-state index is 0.0814. The summed E-state index contributed by atoms with van der Waals surface area (Å²) in [6.45, 7) is 5.75. The van der Waals surface area contributed by atoms with Gasteiger partial charge in [-0.1, -0.05) is 29.8 Å². The van der Waals surface area contributed by atoms with Crippen molar-refractivity contribution in [1.29, 1.82) is 0 Å². The third-order valence-electron chi connectivity index (χ3n) is 3.33. The fourth-order valence-electron chi connectivity index (χ4n) is 2.12. The molecule has 0 aliphatic carbocycles. The summed E-state index contributed by atoms with van der Waals surface area (Å²) in [5.41, 5.74) is 8.61. The van der Waals surface area contributed by atoms with E-state index in [2.05, 4.69) is 36.5 Å². The van der Waals surface area contributed by atoms with Crippen molar-refractivity contribution in [3.05, 3.63) is 35.4 Å². The van der Waals surface area contributed by atoms with E-state index in [-0.39, 0.29) is 6.04 Å². The van der Waals surface area contributed by atoms with E-state index in [1.807, 2.05) is 0 Å². The zero-order chi connectivity index (χ0) is 12.1. The van der Waals surface area contributed by atoms with Gasteiger partial charge in [0.25, 0.3) is 0 Å². The average Bonchev–Trinajstić information content (AvgIpc) is 2.83. The lowest BCUT2D eigenvalue weighted by Gasteiger charge is -2.15. The Labute approximate surface area is 103 Å². The van der Waals surface area contributed by atoms with Gasteiger partial charge >= 0.3 is 0 Å². The Balaban J connectivity index is 1.72. The molecule has 1 fully saturated rings. The maximum Gasteiger partial charge on any atom is 0.0507 e. The van der Waals surface area contributed by atoms with Crippen LogP contribution >= 0.6 is 0 Å². The number of aryl methyl sites for hydroxylation is 1. The standard InChI is InChI=1S/C14H22N2O/c1-11-2-4-13(5-3-11)14(15)9-16-8-12-6-7-17-10-12/h2-5,12,14,16H,6-10,15H2,1H3. The average molecular weight is 234 g/mol. The van der Waals surface area contributed by atoms with Gasteiger partial charge in [-0.2, -0.15) is 0 Å². The lowest BCUT2D eigenvalue weighted by molar-refractivity contribution is 0.185. The zero-order valence-corrected chi connectivity index (χ0v) is 10.5. The zero-order valence-electron chi connectivity index (χ0n) is 10.5. The van der Waals surface area contributed by atoms with Crippen LogP contribution in [-0.2, 0) is 4.74 Å². The van der Waals surface area contributed by atoms with E-state index in [4.69, 9.17) is 10.5 Å². The van der Waals surface area contributed by atoms with Gasteiger partial charge in [0.2, 0.25) is 0 Å². The topological polar surface area (TPSA) is 47.3 Å². The van der Waals surface area contributed by atoms with E-state index >= 15 is 0 Å². The van der Waals surface area contributed by atoms with Crippen molar-refractivity contribution < 1.29 is 4.74 Å². The molecule has 0 bridgehead atoms. The summed E-state index contributed by atoms with van der Waals surface area (Å²) in [7, 11) is 0. The van der Waals surface area contributed by atoms with Crippen LogP contribution in [0.4, 0.5) is 0 Å². The first kappa shape index (κ1) is 12.6. The van der Waals surface area contributed by atoms with Crippen molar-refractivity contribution in [3.63, 3.8) is 0 Å². The van der Waals surface area contributed by atoms with Crippen LogP contribution in [0.3, 0.4) is 0 Å². The Morgan fingerprint density at radius 1 is 1.41 bits per heavy atom. The van der Waals surface area contributed by atoms with Crippen molar-refractivity contribution in [2.24, 2.45) is 11.7 Å². The van der Waals surface area contributed by atoms with Gasteiger partial charge in [0.15, 0.2) is 0 Å². The Morgan fingerprint density at radius 2 is 2.18 bits per heavy atom. The molecule has 0 aromatic heterocycles. The second kappa shape index (κ2) is 6.15. The molecule has 3 nitrogen and oxygen atoms in total. The number of benzene rings is 1. The van der Waals surface area contributed by atoms with Gasteiger partial charge in [0, 0.05) is 25.7 Å². The third-order valence-corrected chi connectivity index (χ3v) is 3.33. The summed E-state index contributed by atoms with van der Waals surface area (Å²) < 4.78 is 5.34. The smallest absolute Gasteiger partial charge is 0.0507 e. The SMILES string of the molecule is Cc1ccc(C(N)CNCC2CCOC2)cc1. The van der Waals surface area contributed by atoms with Crippen molar-refractivity contribution >= 4 is 0 Å². The Hall–Kier alpha value is -0.900. The first-order valence-electron chi connectivity index (χ1n) is 6.36. The van der Waals surface area contributed by atoms with E-state index in [0.717, 1.165) is 26.3 Å². The molecule has 2 unspecified atom stereocenters. The number of hydrogen-bond donors (Lipinski definition) is 2. The predicted molar refractivity (Wildman–Crippen MR) is 69.9 cm³/mol. The largest absolute Gasteiger partial charge is 0.381 e. The number of rotatable bonds is 5. The molecule has 0 amide bonds. The summed E-state index contributed by atoms with van der Waals surface area (Å²) in [6, 6.07) is 8.53. The van der Waals surface area contributed by atoms with E-state index in [1.165, 1.54) is 17.5 Å². The van der Waals surface area contributed by atoms with Crippen LogP contribution in [0, 0.1) is 12.8 Å². The monoisotopic (exact) mass is 234 g/mol. The minimum absolute atomic E-state index is 0.0814. The molecule has 3 heteroatoms. The Morgan fingerprint density at radius 3 is 2.82 bits per heavy atom. The highest BCUT2D eigenvalue weighted by Gasteiger charge is 2.15. The molecule has 0 saturated carbocycles. The van der Waals surface area contributed by atoms with E-state index in [0.29, 0.717) is 5.92 Å². The summed E-state index contributed by atoms with van der Waals surface area (Å²) >= 11 is 0. The maximum atomic E-state index is 6.14. The van der Waals surface area contributed by atoms with Gasteiger partial charge in [0.05, 0.1) is 6.61 Å². The lowest BCUT2D eigenvalue weighted by Crippen LogP contribution is -2.31. The third kappa shape index (κ3) is 3.80. The molecule has 1 saturated heterocycles. The van der Waals surface area contributed by atoms with Crippen molar-refractivity contribution in [3.8, 4) is 0 Å². The van der Waals surface area contributed by atoms with Gasteiger partial charge in [-0.15, -0.1) is 0 Å². The van der Waals surface area contributed by atoms with Crippen LogP contribution in [0.15, 0.2) is 24.3 Å². The van der Waals surface area contributed by atoms with Crippen molar-refractivity contribution in [2.75, 3.05) is 26.3 Å². The van der Waals surface area contributed by atoms with Crippen LogP contribution in [-0.4, -0.2) is 26.3 Å².